The van der Waals surface area contributed by atoms with E-state index in [4.69, 9.17) is 21.1 Å². The van der Waals surface area contributed by atoms with Gasteiger partial charge in [-0.1, -0.05) is 60.7 Å². The van der Waals surface area contributed by atoms with Crippen molar-refractivity contribution in [3.63, 3.8) is 0 Å². The van der Waals surface area contributed by atoms with Crippen molar-refractivity contribution in [2.45, 2.75) is 44.2 Å². The van der Waals surface area contributed by atoms with Crippen molar-refractivity contribution in [3.8, 4) is 0 Å². The Morgan fingerprint density at radius 3 is 1.68 bits per heavy atom. The van der Waals surface area contributed by atoms with Crippen molar-refractivity contribution in [2.24, 2.45) is 5.73 Å². The first-order valence-corrected chi connectivity index (χ1v) is 10.0. The van der Waals surface area contributed by atoms with E-state index in [0.29, 0.717) is 25.7 Å². The van der Waals surface area contributed by atoms with Crippen LogP contribution < -0.4 is 11.1 Å². The molecule has 0 aromatic heterocycles. The maximum atomic E-state index is 11.0. The summed E-state index contributed by atoms with van der Waals surface area (Å²) in [5.41, 5.74) is 7.56. The SMILES string of the molecule is N[C@@H](CCc1ccccc1)C(=O)O.O=C(O)CCN[C@H](CCc1ccccc1)C(=O)O. The second-order valence-corrected chi connectivity index (χ2v) is 6.98. The minimum absolute atomic E-state index is 0.0743. The molecule has 2 aromatic carbocycles. The molecule has 0 aliphatic carbocycles. The van der Waals surface area contributed by atoms with Crippen LogP contribution >= 0.6 is 0 Å². The van der Waals surface area contributed by atoms with Gasteiger partial charge in [0.15, 0.2) is 0 Å². The molecule has 6 N–H and O–H groups in total. The van der Waals surface area contributed by atoms with E-state index in [2.05, 4.69) is 5.32 Å². The van der Waals surface area contributed by atoms with Crippen LogP contribution in [-0.4, -0.2) is 51.9 Å². The summed E-state index contributed by atoms with van der Waals surface area (Å²) in [6.45, 7) is 0.168. The zero-order chi connectivity index (χ0) is 23.1. The standard InChI is InChI=1S/C13H17NO4.C10H13NO2/c15-12(16)8-9-14-11(13(17)18)7-6-10-4-2-1-3-5-10;11-9(10(12)13)7-6-8-4-2-1-3-5-8/h1-5,11,14H,6-9H2,(H,15,16)(H,17,18);1-5,9H,6-7,11H2,(H,12,13)/t11-;9-/m10/s1. The fourth-order valence-corrected chi connectivity index (χ4v) is 2.71. The van der Waals surface area contributed by atoms with Crippen molar-refractivity contribution >= 4 is 17.9 Å². The molecule has 0 radical (unpaired) electrons. The van der Waals surface area contributed by atoms with Crippen LogP contribution in [0.1, 0.15) is 30.4 Å². The van der Waals surface area contributed by atoms with Gasteiger partial charge in [0.05, 0.1) is 6.42 Å². The van der Waals surface area contributed by atoms with Gasteiger partial charge >= 0.3 is 17.9 Å². The summed E-state index contributed by atoms with van der Waals surface area (Å²) in [4.78, 5) is 31.7. The second kappa shape index (κ2) is 14.7. The molecule has 0 spiro atoms. The smallest absolute Gasteiger partial charge is 0.320 e. The highest BCUT2D eigenvalue weighted by atomic mass is 16.4. The van der Waals surface area contributed by atoms with Crippen LogP contribution in [0.15, 0.2) is 60.7 Å². The van der Waals surface area contributed by atoms with Crippen molar-refractivity contribution in [1.29, 1.82) is 0 Å². The van der Waals surface area contributed by atoms with Gasteiger partial charge in [-0.15, -0.1) is 0 Å². The number of aliphatic carboxylic acids is 3. The van der Waals surface area contributed by atoms with E-state index < -0.39 is 30.0 Å². The van der Waals surface area contributed by atoms with E-state index in [-0.39, 0.29) is 13.0 Å². The quantitative estimate of drug-likeness (QED) is 0.344. The molecule has 8 nitrogen and oxygen atoms in total. The average Bonchev–Trinajstić information content (AvgIpc) is 2.75. The zero-order valence-electron chi connectivity index (χ0n) is 17.3. The Labute approximate surface area is 181 Å². The molecule has 0 saturated heterocycles. The largest absolute Gasteiger partial charge is 0.481 e. The van der Waals surface area contributed by atoms with Gasteiger partial charge < -0.3 is 26.4 Å². The van der Waals surface area contributed by atoms with E-state index >= 15 is 0 Å². The molecule has 0 amide bonds. The first-order chi connectivity index (χ1) is 14.8. The third-order valence-corrected chi connectivity index (χ3v) is 4.50. The lowest BCUT2D eigenvalue weighted by Crippen LogP contribution is -2.38. The number of aryl methyl sites for hydroxylation is 2. The Hall–Kier alpha value is -3.23. The Bertz CT molecular complexity index is 798. The van der Waals surface area contributed by atoms with Crippen molar-refractivity contribution in [2.75, 3.05) is 6.54 Å². The minimum atomic E-state index is -0.948. The number of benzene rings is 2. The summed E-state index contributed by atoms with van der Waals surface area (Å²) in [7, 11) is 0. The molecular weight excluding hydrogens is 400 g/mol. The summed E-state index contributed by atoms with van der Waals surface area (Å²) >= 11 is 0. The van der Waals surface area contributed by atoms with Crippen molar-refractivity contribution in [1.82, 2.24) is 5.32 Å². The van der Waals surface area contributed by atoms with Gasteiger partial charge in [-0.25, -0.2) is 0 Å². The molecule has 0 heterocycles. The highest BCUT2D eigenvalue weighted by molar-refractivity contribution is 5.73. The molecule has 2 aromatic rings. The summed E-state index contributed by atoms with van der Waals surface area (Å²) < 4.78 is 0. The Balaban J connectivity index is 0.000000327. The molecule has 168 valence electrons. The van der Waals surface area contributed by atoms with Crippen LogP contribution in [-0.2, 0) is 27.2 Å². The highest BCUT2D eigenvalue weighted by Crippen LogP contribution is 2.06. The number of nitrogens with two attached hydrogens (primary N) is 1. The monoisotopic (exact) mass is 430 g/mol. The van der Waals surface area contributed by atoms with Crippen molar-refractivity contribution < 1.29 is 29.7 Å². The summed E-state index contributed by atoms with van der Waals surface area (Å²) in [6, 6.07) is 17.9. The van der Waals surface area contributed by atoms with Gasteiger partial charge in [0.2, 0.25) is 0 Å². The summed E-state index contributed by atoms with van der Waals surface area (Å²) in [5, 5.41) is 28.8. The zero-order valence-corrected chi connectivity index (χ0v) is 17.3. The molecule has 8 heteroatoms. The van der Waals surface area contributed by atoms with Crippen LogP contribution in [0.5, 0.6) is 0 Å². The van der Waals surface area contributed by atoms with E-state index in [1.807, 2.05) is 60.7 Å². The number of hydrogen-bond donors (Lipinski definition) is 5. The van der Waals surface area contributed by atoms with Crippen LogP contribution in [0.4, 0.5) is 0 Å². The maximum absolute atomic E-state index is 11.0. The van der Waals surface area contributed by atoms with Gasteiger partial charge in [0, 0.05) is 6.54 Å². The fourth-order valence-electron chi connectivity index (χ4n) is 2.71. The maximum Gasteiger partial charge on any atom is 0.320 e. The predicted molar refractivity (Wildman–Crippen MR) is 117 cm³/mol. The average molecular weight is 431 g/mol. The number of carbonyl (C=O) groups is 3. The summed E-state index contributed by atoms with van der Waals surface area (Å²) in [6.07, 6.45) is 2.22. The lowest BCUT2D eigenvalue weighted by atomic mass is 10.1. The number of rotatable bonds is 12. The number of nitrogens with one attached hydrogen (secondary N) is 1. The van der Waals surface area contributed by atoms with Gasteiger partial charge in [0.25, 0.3) is 0 Å². The summed E-state index contributed by atoms with van der Waals surface area (Å²) in [5.74, 6) is -2.82. The number of carboxylic acid groups (broad SMARTS) is 3. The highest BCUT2D eigenvalue weighted by Gasteiger charge is 2.16. The lowest BCUT2D eigenvalue weighted by Gasteiger charge is -2.13. The van der Waals surface area contributed by atoms with E-state index in [1.165, 1.54) is 0 Å². The number of hydrogen-bond acceptors (Lipinski definition) is 5. The van der Waals surface area contributed by atoms with Gasteiger partial charge in [-0.05, 0) is 36.8 Å². The van der Waals surface area contributed by atoms with Gasteiger partial charge in [-0.3, -0.25) is 14.4 Å². The van der Waals surface area contributed by atoms with Gasteiger partial charge in [0.1, 0.15) is 12.1 Å². The first kappa shape index (κ1) is 25.8. The van der Waals surface area contributed by atoms with E-state index in [0.717, 1.165) is 11.1 Å². The molecule has 0 saturated carbocycles. The molecule has 2 atom stereocenters. The molecule has 0 bridgehead atoms. The van der Waals surface area contributed by atoms with Crippen LogP contribution in [0.3, 0.4) is 0 Å². The Morgan fingerprint density at radius 1 is 0.774 bits per heavy atom. The molecule has 0 fully saturated rings. The Kier molecular flexibility index (Phi) is 12.2. The van der Waals surface area contributed by atoms with Crippen molar-refractivity contribution in [3.05, 3.63) is 71.8 Å². The number of carboxylic acids is 3. The normalized spacial score (nSPS) is 12.2. The van der Waals surface area contributed by atoms with E-state index in [1.54, 1.807) is 0 Å². The Morgan fingerprint density at radius 2 is 1.26 bits per heavy atom. The third-order valence-electron chi connectivity index (χ3n) is 4.50. The van der Waals surface area contributed by atoms with Crippen LogP contribution in [0, 0.1) is 0 Å². The molecule has 2 rings (SSSR count). The predicted octanol–water partition coefficient (Wildman–Crippen LogP) is 2.17. The third kappa shape index (κ3) is 12.1. The molecule has 31 heavy (non-hydrogen) atoms. The lowest BCUT2D eigenvalue weighted by molar-refractivity contribution is -0.141. The van der Waals surface area contributed by atoms with Crippen LogP contribution in [0.25, 0.3) is 0 Å². The fraction of sp³-hybridized carbons (Fsp3) is 0.348. The first-order valence-electron chi connectivity index (χ1n) is 10.0. The molecular formula is C23H30N2O6. The topological polar surface area (TPSA) is 150 Å². The van der Waals surface area contributed by atoms with Gasteiger partial charge in [-0.2, -0.15) is 0 Å². The second-order valence-electron chi connectivity index (χ2n) is 6.98. The minimum Gasteiger partial charge on any atom is -0.481 e. The molecule has 0 aliphatic heterocycles. The van der Waals surface area contributed by atoms with Crippen LogP contribution in [0.2, 0.25) is 0 Å². The van der Waals surface area contributed by atoms with E-state index in [9.17, 15) is 14.4 Å². The molecule has 0 aliphatic rings. The molecule has 0 unspecified atom stereocenters.